The van der Waals surface area contributed by atoms with E-state index in [1.165, 1.54) is 0 Å². The minimum atomic E-state index is 0.215. The standard InChI is InChI=1S/C10H14ClNO/c1-8-3-4-9(7-10(8)11)12-5-2-6-13/h3-4,7,12-13H,2,5-6H2,1H3. The first-order valence-electron chi connectivity index (χ1n) is 4.35. The lowest BCUT2D eigenvalue weighted by atomic mass is 10.2. The lowest BCUT2D eigenvalue weighted by Crippen LogP contribution is -2.03. The molecular formula is C10H14ClNO. The van der Waals surface area contributed by atoms with Crippen LogP contribution in [0.5, 0.6) is 0 Å². The van der Waals surface area contributed by atoms with Gasteiger partial charge in [0.15, 0.2) is 0 Å². The van der Waals surface area contributed by atoms with E-state index in [-0.39, 0.29) is 6.61 Å². The summed E-state index contributed by atoms with van der Waals surface area (Å²) in [5.41, 5.74) is 2.08. The van der Waals surface area contributed by atoms with Gasteiger partial charge in [0.1, 0.15) is 0 Å². The van der Waals surface area contributed by atoms with E-state index in [9.17, 15) is 0 Å². The summed E-state index contributed by atoms with van der Waals surface area (Å²) in [6, 6.07) is 5.86. The maximum atomic E-state index is 8.58. The number of hydrogen-bond acceptors (Lipinski definition) is 2. The van der Waals surface area contributed by atoms with E-state index in [1.807, 2.05) is 25.1 Å². The van der Waals surface area contributed by atoms with Crippen LogP contribution in [-0.4, -0.2) is 18.3 Å². The van der Waals surface area contributed by atoms with E-state index >= 15 is 0 Å². The fourth-order valence-electron chi connectivity index (χ4n) is 1.01. The Morgan fingerprint density at radius 3 is 2.85 bits per heavy atom. The van der Waals surface area contributed by atoms with Crippen LogP contribution in [0.4, 0.5) is 5.69 Å². The minimum Gasteiger partial charge on any atom is -0.396 e. The van der Waals surface area contributed by atoms with Gasteiger partial charge in [-0.25, -0.2) is 0 Å². The van der Waals surface area contributed by atoms with Crippen LogP contribution in [0.25, 0.3) is 0 Å². The highest BCUT2D eigenvalue weighted by molar-refractivity contribution is 6.31. The van der Waals surface area contributed by atoms with Gasteiger partial charge in [-0.05, 0) is 31.0 Å². The second-order valence-corrected chi connectivity index (χ2v) is 3.38. The molecule has 3 heteroatoms. The van der Waals surface area contributed by atoms with E-state index in [0.29, 0.717) is 0 Å². The number of aryl methyl sites for hydroxylation is 1. The normalized spacial score (nSPS) is 10.1. The molecule has 0 fully saturated rings. The number of aliphatic hydroxyl groups excluding tert-OH is 1. The number of halogens is 1. The zero-order valence-electron chi connectivity index (χ0n) is 7.68. The Morgan fingerprint density at radius 2 is 2.23 bits per heavy atom. The summed E-state index contributed by atoms with van der Waals surface area (Å²) in [6.45, 7) is 2.96. The van der Waals surface area contributed by atoms with Crippen molar-refractivity contribution in [3.8, 4) is 0 Å². The third-order valence-corrected chi connectivity index (χ3v) is 2.24. The smallest absolute Gasteiger partial charge is 0.0455 e. The molecule has 0 aromatic heterocycles. The van der Waals surface area contributed by atoms with Crippen molar-refractivity contribution in [3.63, 3.8) is 0 Å². The topological polar surface area (TPSA) is 32.3 Å². The molecule has 0 unspecified atom stereocenters. The molecule has 0 atom stereocenters. The molecule has 0 spiro atoms. The SMILES string of the molecule is Cc1ccc(NCCCO)cc1Cl. The molecule has 0 radical (unpaired) electrons. The van der Waals surface area contributed by atoms with Gasteiger partial charge in [-0.1, -0.05) is 17.7 Å². The Balaban J connectivity index is 2.53. The fraction of sp³-hybridized carbons (Fsp3) is 0.400. The second kappa shape index (κ2) is 5.10. The highest BCUT2D eigenvalue weighted by Gasteiger charge is 1.96. The number of rotatable bonds is 4. The van der Waals surface area contributed by atoms with Gasteiger partial charge in [0.2, 0.25) is 0 Å². The molecule has 0 aliphatic heterocycles. The Morgan fingerprint density at radius 1 is 1.46 bits per heavy atom. The lowest BCUT2D eigenvalue weighted by Gasteiger charge is -2.06. The summed E-state index contributed by atoms with van der Waals surface area (Å²) in [5.74, 6) is 0. The number of aliphatic hydroxyl groups is 1. The van der Waals surface area contributed by atoms with Crippen molar-refractivity contribution in [3.05, 3.63) is 28.8 Å². The molecule has 1 rings (SSSR count). The minimum absolute atomic E-state index is 0.215. The molecule has 0 amide bonds. The van der Waals surface area contributed by atoms with E-state index in [1.54, 1.807) is 0 Å². The number of nitrogens with one attached hydrogen (secondary N) is 1. The molecule has 72 valence electrons. The summed E-state index contributed by atoms with van der Waals surface area (Å²) in [7, 11) is 0. The molecule has 0 aliphatic rings. The zero-order chi connectivity index (χ0) is 9.68. The van der Waals surface area contributed by atoms with Gasteiger partial charge < -0.3 is 10.4 Å². The van der Waals surface area contributed by atoms with E-state index in [2.05, 4.69) is 5.32 Å². The summed E-state index contributed by atoms with van der Waals surface area (Å²) in [4.78, 5) is 0. The zero-order valence-corrected chi connectivity index (χ0v) is 8.43. The summed E-state index contributed by atoms with van der Waals surface area (Å²) < 4.78 is 0. The third kappa shape index (κ3) is 3.25. The van der Waals surface area contributed by atoms with Gasteiger partial charge in [0.05, 0.1) is 0 Å². The monoisotopic (exact) mass is 199 g/mol. The van der Waals surface area contributed by atoms with Crippen LogP contribution >= 0.6 is 11.6 Å². The average molecular weight is 200 g/mol. The van der Waals surface area contributed by atoms with Crippen molar-refractivity contribution < 1.29 is 5.11 Å². The van der Waals surface area contributed by atoms with Crippen LogP contribution < -0.4 is 5.32 Å². The lowest BCUT2D eigenvalue weighted by molar-refractivity contribution is 0.292. The van der Waals surface area contributed by atoms with Crippen molar-refractivity contribution in [2.45, 2.75) is 13.3 Å². The molecule has 13 heavy (non-hydrogen) atoms. The van der Waals surface area contributed by atoms with Gasteiger partial charge in [0, 0.05) is 23.9 Å². The van der Waals surface area contributed by atoms with E-state index in [4.69, 9.17) is 16.7 Å². The number of benzene rings is 1. The van der Waals surface area contributed by atoms with Gasteiger partial charge in [-0.2, -0.15) is 0 Å². The highest BCUT2D eigenvalue weighted by Crippen LogP contribution is 2.19. The van der Waals surface area contributed by atoms with E-state index in [0.717, 1.165) is 29.2 Å². The van der Waals surface area contributed by atoms with Crippen LogP contribution in [0.1, 0.15) is 12.0 Å². The first-order valence-corrected chi connectivity index (χ1v) is 4.72. The van der Waals surface area contributed by atoms with Gasteiger partial charge in [-0.15, -0.1) is 0 Å². The highest BCUT2D eigenvalue weighted by atomic mass is 35.5. The molecule has 2 N–H and O–H groups in total. The van der Waals surface area contributed by atoms with Gasteiger partial charge >= 0.3 is 0 Å². The van der Waals surface area contributed by atoms with Crippen molar-refractivity contribution in [2.24, 2.45) is 0 Å². The molecule has 1 aromatic rings. The molecule has 0 aliphatic carbocycles. The van der Waals surface area contributed by atoms with Crippen LogP contribution in [0.15, 0.2) is 18.2 Å². The summed E-state index contributed by atoms with van der Waals surface area (Å²) in [6.07, 6.45) is 0.755. The average Bonchev–Trinajstić information content (AvgIpc) is 2.12. The van der Waals surface area contributed by atoms with Gasteiger partial charge in [-0.3, -0.25) is 0 Å². The third-order valence-electron chi connectivity index (χ3n) is 1.84. The van der Waals surface area contributed by atoms with Crippen molar-refractivity contribution in [1.82, 2.24) is 0 Å². The maximum Gasteiger partial charge on any atom is 0.0455 e. The van der Waals surface area contributed by atoms with E-state index < -0.39 is 0 Å². The molecule has 0 saturated heterocycles. The molecule has 0 saturated carbocycles. The maximum absolute atomic E-state index is 8.58. The quantitative estimate of drug-likeness (QED) is 0.731. The molecular weight excluding hydrogens is 186 g/mol. The number of hydrogen-bond donors (Lipinski definition) is 2. The second-order valence-electron chi connectivity index (χ2n) is 2.97. The van der Waals surface area contributed by atoms with Crippen LogP contribution in [-0.2, 0) is 0 Å². The van der Waals surface area contributed by atoms with Crippen LogP contribution in [0.2, 0.25) is 5.02 Å². The van der Waals surface area contributed by atoms with Crippen LogP contribution in [0.3, 0.4) is 0 Å². The van der Waals surface area contributed by atoms with Crippen molar-refractivity contribution >= 4 is 17.3 Å². The predicted molar refractivity (Wildman–Crippen MR) is 56.4 cm³/mol. The predicted octanol–water partition coefficient (Wildman–Crippen LogP) is 2.44. The van der Waals surface area contributed by atoms with Crippen molar-refractivity contribution in [1.29, 1.82) is 0 Å². The Hall–Kier alpha value is -0.730. The Labute approximate surface area is 83.5 Å². The summed E-state index contributed by atoms with van der Waals surface area (Å²) >= 11 is 5.94. The van der Waals surface area contributed by atoms with Crippen molar-refractivity contribution in [2.75, 3.05) is 18.5 Å². The molecule has 2 nitrogen and oxygen atoms in total. The first kappa shape index (κ1) is 10.4. The first-order chi connectivity index (χ1) is 6.24. The Kier molecular flexibility index (Phi) is 4.06. The molecule has 0 heterocycles. The molecule has 0 bridgehead atoms. The summed E-state index contributed by atoms with van der Waals surface area (Å²) in [5, 5.41) is 12.5. The van der Waals surface area contributed by atoms with Gasteiger partial charge in [0.25, 0.3) is 0 Å². The molecule has 1 aromatic carbocycles. The Bertz CT molecular complexity index is 276. The fourth-order valence-corrected chi connectivity index (χ4v) is 1.20. The number of anilines is 1. The van der Waals surface area contributed by atoms with Crippen LogP contribution in [0, 0.1) is 6.92 Å². The largest absolute Gasteiger partial charge is 0.396 e.